The number of nitro benzene ring substituents is 1. The van der Waals surface area contributed by atoms with Gasteiger partial charge in [-0.3, -0.25) is 10.1 Å². The molecule has 1 aromatic carbocycles. The molecule has 2 aromatic rings. The van der Waals surface area contributed by atoms with Crippen LogP contribution in [0.15, 0.2) is 30.5 Å². The van der Waals surface area contributed by atoms with Crippen molar-refractivity contribution in [2.75, 3.05) is 0 Å². The zero-order valence-electron chi connectivity index (χ0n) is 9.21. The van der Waals surface area contributed by atoms with Crippen molar-refractivity contribution < 1.29 is 9.66 Å². The minimum Gasteiger partial charge on any atom is -0.479 e. The van der Waals surface area contributed by atoms with Gasteiger partial charge in [0.05, 0.1) is 10.6 Å². The number of aromatic amines is 1. The Morgan fingerprint density at radius 1 is 1.47 bits per heavy atom. The molecule has 0 saturated heterocycles. The Morgan fingerprint density at radius 3 is 2.88 bits per heavy atom. The second-order valence-corrected chi connectivity index (χ2v) is 3.50. The van der Waals surface area contributed by atoms with Gasteiger partial charge in [0, 0.05) is 12.3 Å². The van der Waals surface area contributed by atoms with Crippen LogP contribution in [0.2, 0.25) is 0 Å². The van der Waals surface area contributed by atoms with E-state index in [-0.39, 0.29) is 18.0 Å². The fourth-order valence-electron chi connectivity index (χ4n) is 1.42. The van der Waals surface area contributed by atoms with Crippen LogP contribution in [0.3, 0.4) is 0 Å². The smallest absolute Gasteiger partial charge is 0.310 e. The Balaban J connectivity index is 2.11. The molecule has 0 fully saturated rings. The highest BCUT2D eigenvalue weighted by atomic mass is 16.6. The SMILES string of the molecule is Cc1c[nH]c(COc2ccccc2[N+](=O)[O-])n1. The molecule has 6 nitrogen and oxygen atoms in total. The number of hydrogen-bond acceptors (Lipinski definition) is 4. The number of H-pyrrole nitrogens is 1. The second-order valence-electron chi connectivity index (χ2n) is 3.50. The molecule has 6 heteroatoms. The highest BCUT2D eigenvalue weighted by molar-refractivity contribution is 5.45. The fourth-order valence-corrected chi connectivity index (χ4v) is 1.42. The molecule has 88 valence electrons. The van der Waals surface area contributed by atoms with Crippen molar-refractivity contribution in [1.82, 2.24) is 9.97 Å². The van der Waals surface area contributed by atoms with Gasteiger partial charge >= 0.3 is 5.69 Å². The first kappa shape index (κ1) is 11.1. The Kier molecular flexibility index (Phi) is 3.04. The minimum atomic E-state index is -0.470. The lowest BCUT2D eigenvalue weighted by Gasteiger charge is -2.04. The van der Waals surface area contributed by atoms with Crippen molar-refractivity contribution in [2.24, 2.45) is 0 Å². The average Bonchev–Trinajstić information content (AvgIpc) is 2.73. The maximum atomic E-state index is 10.7. The number of imidazole rings is 1. The number of hydrogen-bond donors (Lipinski definition) is 1. The van der Waals surface area contributed by atoms with Crippen molar-refractivity contribution in [3.8, 4) is 5.75 Å². The van der Waals surface area contributed by atoms with Crippen LogP contribution in [0.5, 0.6) is 5.75 Å². The number of aryl methyl sites for hydroxylation is 1. The lowest BCUT2D eigenvalue weighted by Crippen LogP contribution is -2.00. The standard InChI is InChI=1S/C11H11N3O3/c1-8-6-12-11(13-8)7-17-10-5-3-2-4-9(10)14(15)16/h2-6H,7H2,1H3,(H,12,13). The fraction of sp³-hybridized carbons (Fsp3) is 0.182. The van der Waals surface area contributed by atoms with Gasteiger partial charge in [-0.1, -0.05) is 12.1 Å². The van der Waals surface area contributed by atoms with E-state index in [1.807, 2.05) is 6.92 Å². The second kappa shape index (κ2) is 4.65. The summed E-state index contributed by atoms with van der Waals surface area (Å²) in [5.74, 6) is 0.882. The number of benzene rings is 1. The minimum absolute atomic E-state index is 0.0456. The average molecular weight is 233 g/mol. The summed E-state index contributed by atoms with van der Waals surface area (Å²) < 4.78 is 5.36. The van der Waals surface area contributed by atoms with E-state index >= 15 is 0 Å². The van der Waals surface area contributed by atoms with Gasteiger partial charge in [-0.15, -0.1) is 0 Å². The van der Waals surface area contributed by atoms with Crippen LogP contribution in [0, 0.1) is 17.0 Å². The maximum absolute atomic E-state index is 10.7. The van der Waals surface area contributed by atoms with Gasteiger partial charge in [-0.2, -0.15) is 0 Å². The van der Waals surface area contributed by atoms with Crippen LogP contribution in [0.25, 0.3) is 0 Å². The molecule has 2 rings (SSSR count). The third kappa shape index (κ3) is 2.60. The number of para-hydroxylation sites is 2. The molecule has 0 atom stereocenters. The molecule has 0 radical (unpaired) electrons. The van der Waals surface area contributed by atoms with Crippen LogP contribution in [-0.4, -0.2) is 14.9 Å². The van der Waals surface area contributed by atoms with Crippen LogP contribution in [-0.2, 0) is 6.61 Å². The van der Waals surface area contributed by atoms with E-state index in [0.717, 1.165) is 5.69 Å². The van der Waals surface area contributed by atoms with Crippen LogP contribution in [0.4, 0.5) is 5.69 Å². The van der Waals surface area contributed by atoms with Crippen molar-refractivity contribution >= 4 is 5.69 Å². The summed E-state index contributed by atoms with van der Waals surface area (Å²) in [5, 5.41) is 10.7. The molecule has 1 N–H and O–H groups in total. The van der Waals surface area contributed by atoms with Gasteiger partial charge in [0.15, 0.2) is 5.75 Å². The van der Waals surface area contributed by atoms with E-state index in [2.05, 4.69) is 9.97 Å². The molecule has 0 bridgehead atoms. The third-order valence-electron chi connectivity index (χ3n) is 2.19. The summed E-state index contributed by atoms with van der Waals surface area (Å²) in [6, 6.07) is 6.26. The molecular formula is C11H11N3O3. The van der Waals surface area contributed by atoms with Gasteiger partial charge in [0.1, 0.15) is 12.4 Å². The van der Waals surface area contributed by atoms with Gasteiger partial charge < -0.3 is 9.72 Å². The number of nitrogens with one attached hydrogen (secondary N) is 1. The quantitative estimate of drug-likeness (QED) is 0.648. The van der Waals surface area contributed by atoms with E-state index in [0.29, 0.717) is 5.82 Å². The highest BCUT2D eigenvalue weighted by Gasteiger charge is 2.13. The molecule has 0 saturated carbocycles. The molecule has 0 aliphatic carbocycles. The predicted octanol–water partition coefficient (Wildman–Crippen LogP) is 2.21. The van der Waals surface area contributed by atoms with Gasteiger partial charge in [0.25, 0.3) is 0 Å². The molecule has 0 amide bonds. The zero-order chi connectivity index (χ0) is 12.3. The van der Waals surface area contributed by atoms with Crippen LogP contribution >= 0.6 is 0 Å². The van der Waals surface area contributed by atoms with E-state index in [1.54, 1.807) is 24.4 Å². The lowest BCUT2D eigenvalue weighted by atomic mass is 10.3. The van der Waals surface area contributed by atoms with E-state index in [4.69, 9.17) is 4.74 Å². The number of aromatic nitrogens is 2. The molecule has 1 heterocycles. The summed E-state index contributed by atoms with van der Waals surface area (Å²) in [4.78, 5) is 17.3. The normalized spacial score (nSPS) is 10.2. The lowest BCUT2D eigenvalue weighted by molar-refractivity contribution is -0.385. The van der Waals surface area contributed by atoms with E-state index < -0.39 is 4.92 Å². The zero-order valence-corrected chi connectivity index (χ0v) is 9.21. The van der Waals surface area contributed by atoms with Crippen molar-refractivity contribution in [3.05, 3.63) is 52.1 Å². The first-order chi connectivity index (χ1) is 8.16. The summed E-state index contributed by atoms with van der Waals surface area (Å²) >= 11 is 0. The molecule has 0 aliphatic rings. The Bertz CT molecular complexity index is 536. The van der Waals surface area contributed by atoms with Crippen LogP contribution < -0.4 is 4.74 Å². The Morgan fingerprint density at radius 2 is 2.24 bits per heavy atom. The van der Waals surface area contributed by atoms with Crippen LogP contribution in [0.1, 0.15) is 11.5 Å². The summed E-state index contributed by atoms with van der Waals surface area (Å²) in [6.45, 7) is 2.03. The Hall–Kier alpha value is -2.37. The molecule has 17 heavy (non-hydrogen) atoms. The molecule has 0 spiro atoms. The topological polar surface area (TPSA) is 81.0 Å². The maximum Gasteiger partial charge on any atom is 0.310 e. The largest absolute Gasteiger partial charge is 0.479 e. The first-order valence-corrected chi connectivity index (χ1v) is 5.04. The highest BCUT2D eigenvalue weighted by Crippen LogP contribution is 2.26. The molecule has 0 unspecified atom stereocenters. The van der Waals surface area contributed by atoms with Crippen molar-refractivity contribution in [2.45, 2.75) is 13.5 Å². The number of nitro groups is 1. The monoisotopic (exact) mass is 233 g/mol. The number of ether oxygens (including phenoxy) is 1. The van der Waals surface area contributed by atoms with Gasteiger partial charge in [-0.25, -0.2) is 4.98 Å². The van der Waals surface area contributed by atoms with Gasteiger partial charge in [0.2, 0.25) is 0 Å². The summed E-state index contributed by atoms with van der Waals surface area (Å²) in [7, 11) is 0. The van der Waals surface area contributed by atoms with Crippen molar-refractivity contribution in [1.29, 1.82) is 0 Å². The summed E-state index contributed by atoms with van der Waals surface area (Å²) in [6.07, 6.45) is 1.75. The Labute approximate surface area is 97.4 Å². The van der Waals surface area contributed by atoms with Crippen molar-refractivity contribution in [3.63, 3.8) is 0 Å². The first-order valence-electron chi connectivity index (χ1n) is 5.04. The van der Waals surface area contributed by atoms with Gasteiger partial charge in [-0.05, 0) is 13.0 Å². The number of nitrogens with zero attached hydrogens (tertiary/aromatic N) is 2. The molecular weight excluding hydrogens is 222 g/mol. The number of rotatable bonds is 4. The third-order valence-corrected chi connectivity index (χ3v) is 2.19. The van der Waals surface area contributed by atoms with E-state index in [9.17, 15) is 10.1 Å². The summed E-state index contributed by atoms with van der Waals surface area (Å²) in [5.41, 5.74) is 0.807. The molecule has 1 aromatic heterocycles. The predicted molar refractivity (Wildman–Crippen MR) is 60.8 cm³/mol. The molecule has 0 aliphatic heterocycles. The van der Waals surface area contributed by atoms with E-state index in [1.165, 1.54) is 6.07 Å².